The summed E-state index contributed by atoms with van der Waals surface area (Å²) < 4.78 is 1.52. The third-order valence-corrected chi connectivity index (χ3v) is 4.04. The fraction of sp³-hybridized carbons (Fsp3) is 0.778. The molecule has 2 unspecified atom stereocenters. The summed E-state index contributed by atoms with van der Waals surface area (Å²) in [5.41, 5.74) is -4.09. The Morgan fingerprint density at radius 3 is 1.65 bits per heavy atom. The van der Waals surface area contributed by atoms with Crippen LogP contribution in [0.4, 0.5) is 0 Å². The van der Waals surface area contributed by atoms with E-state index in [-0.39, 0.29) is 13.0 Å². The number of rotatable bonds is 8. The van der Waals surface area contributed by atoms with Gasteiger partial charge in [-0.25, -0.2) is 0 Å². The minimum Gasteiger partial charge on any atom is -0.196 e. The predicted octanol–water partition coefficient (Wildman–Crippen LogP) is 3.87. The van der Waals surface area contributed by atoms with Crippen LogP contribution in [-0.4, -0.2) is 33.4 Å². The molecule has 0 fully saturated rings. The van der Waals surface area contributed by atoms with Crippen molar-refractivity contribution in [3.8, 4) is 24.3 Å². The normalized spacial score (nSPS) is 17.3. The molecule has 0 spiro atoms. The van der Waals surface area contributed by atoms with E-state index in [0.717, 1.165) is 0 Å². The van der Waals surface area contributed by atoms with Crippen molar-refractivity contribution in [1.82, 2.24) is 0 Å². The van der Waals surface area contributed by atoms with Crippen LogP contribution < -0.4 is 0 Å². The fourth-order valence-corrected chi connectivity index (χ4v) is 1.68. The monoisotopic (exact) mass is 355 g/mol. The van der Waals surface area contributed by atoms with Crippen LogP contribution in [0.2, 0.25) is 0 Å². The molecule has 2 atom stereocenters. The molecule has 0 amide bonds. The molecule has 8 heteroatoms. The lowest BCUT2D eigenvalue weighted by atomic mass is 9.99. The molecule has 0 aliphatic heterocycles. The summed E-state index contributed by atoms with van der Waals surface area (Å²) >= 11 is 0. The predicted molar refractivity (Wildman–Crippen MR) is 94.7 cm³/mol. The lowest BCUT2D eigenvalue weighted by Crippen LogP contribution is -2.39. The van der Waals surface area contributed by atoms with Gasteiger partial charge in [-0.3, -0.25) is 0 Å². The zero-order valence-corrected chi connectivity index (χ0v) is 16.7. The average molecular weight is 355 g/mol. The number of nitriles is 4. The molecule has 0 N–H and O–H groups in total. The van der Waals surface area contributed by atoms with Crippen LogP contribution in [0.15, 0.2) is 15.3 Å². The quantitative estimate of drug-likeness (QED) is 0.482. The van der Waals surface area contributed by atoms with Crippen molar-refractivity contribution in [3.05, 3.63) is 0 Å². The SMILES string of the molecule is CCC(C)(C#N)N=NC(C)(C#N)CC[N+](=NC(C)(C)C#N)C(C)(C)C#N. The highest BCUT2D eigenvalue weighted by molar-refractivity contribution is 5.07. The zero-order valence-electron chi connectivity index (χ0n) is 16.7. The van der Waals surface area contributed by atoms with Crippen molar-refractivity contribution in [1.29, 1.82) is 21.0 Å². The summed E-state index contributed by atoms with van der Waals surface area (Å²) in [5, 5.41) is 49.9. The maximum Gasteiger partial charge on any atom is 0.266 e. The zero-order chi connectivity index (χ0) is 20.6. The molecule has 0 aromatic rings. The molecule has 0 heterocycles. The maximum atomic E-state index is 9.53. The summed E-state index contributed by atoms with van der Waals surface area (Å²) in [7, 11) is 0. The van der Waals surface area contributed by atoms with Gasteiger partial charge in [-0.1, -0.05) is 6.92 Å². The first-order chi connectivity index (χ1) is 11.8. The van der Waals surface area contributed by atoms with Crippen molar-refractivity contribution in [2.45, 2.75) is 83.5 Å². The van der Waals surface area contributed by atoms with E-state index in [2.05, 4.69) is 39.6 Å². The highest BCUT2D eigenvalue weighted by Gasteiger charge is 2.38. The third-order valence-electron chi connectivity index (χ3n) is 4.04. The highest BCUT2D eigenvalue weighted by atomic mass is 15.3. The van der Waals surface area contributed by atoms with Crippen molar-refractivity contribution < 1.29 is 4.70 Å². The molecule has 0 aromatic heterocycles. The Labute approximate surface area is 156 Å². The maximum absolute atomic E-state index is 9.53. The third kappa shape index (κ3) is 6.58. The van der Waals surface area contributed by atoms with Crippen molar-refractivity contribution in [2.24, 2.45) is 15.3 Å². The van der Waals surface area contributed by atoms with Gasteiger partial charge < -0.3 is 0 Å². The number of hydrogen-bond acceptors (Lipinski definition) is 7. The second-order valence-corrected chi connectivity index (χ2v) is 7.64. The molecule has 8 nitrogen and oxygen atoms in total. The number of azo groups is 3. The van der Waals surface area contributed by atoms with Gasteiger partial charge in [-0.15, -0.1) is 4.70 Å². The van der Waals surface area contributed by atoms with Gasteiger partial charge in [0, 0.05) is 20.3 Å². The Morgan fingerprint density at radius 1 is 0.769 bits per heavy atom. The molecule has 0 saturated carbocycles. The van der Waals surface area contributed by atoms with Gasteiger partial charge in [-0.05, 0) is 39.2 Å². The van der Waals surface area contributed by atoms with Crippen LogP contribution in [0, 0.1) is 45.3 Å². The summed E-state index contributed by atoms with van der Waals surface area (Å²) in [6.45, 7) is 12.0. The van der Waals surface area contributed by atoms with Gasteiger partial charge >= 0.3 is 0 Å². The Hall–Kier alpha value is -2.84. The molecule has 0 saturated heterocycles. The molecule has 26 heavy (non-hydrogen) atoms. The van der Waals surface area contributed by atoms with Crippen LogP contribution in [-0.2, 0) is 0 Å². The molecule has 0 radical (unpaired) electrons. The molecule has 0 aliphatic rings. The molecule has 0 aromatic carbocycles. The van der Waals surface area contributed by atoms with Crippen LogP contribution in [0.3, 0.4) is 0 Å². The van der Waals surface area contributed by atoms with Crippen molar-refractivity contribution in [3.63, 3.8) is 0 Å². The van der Waals surface area contributed by atoms with E-state index in [4.69, 9.17) is 0 Å². The highest BCUT2D eigenvalue weighted by Crippen LogP contribution is 2.23. The Morgan fingerprint density at radius 2 is 1.27 bits per heavy atom. The topological polar surface area (TPSA) is 135 Å². The second-order valence-electron chi connectivity index (χ2n) is 7.64. The molecular weight excluding hydrogens is 328 g/mol. The average Bonchev–Trinajstić information content (AvgIpc) is 2.62. The fourth-order valence-electron chi connectivity index (χ4n) is 1.68. The van der Waals surface area contributed by atoms with E-state index in [1.807, 2.05) is 6.92 Å². The Kier molecular flexibility index (Phi) is 7.57. The smallest absolute Gasteiger partial charge is 0.196 e. The van der Waals surface area contributed by atoms with Gasteiger partial charge in [-0.2, -0.15) is 31.3 Å². The largest absolute Gasteiger partial charge is 0.266 e. The van der Waals surface area contributed by atoms with Crippen LogP contribution in [0.1, 0.15) is 61.3 Å². The van der Waals surface area contributed by atoms with Gasteiger partial charge in [0.1, 0.15) is 6.07 Å². The van der Waals surface area contributed by atoms with Gasteiger partial charge in [0.25, 0.3) is 5.54 Å². The molecular formula is C18H27N8+. The minimum absolute atomic E-state index is 0.240. The molecule has 0 rings (SSSR count). The van der Waals surface area contributed by atoms with Crippen LogP contribution in [0.25, 0.3) is 0 Å². The van der Waals surface area contributed by atoms with Crippen molar-refractivity contribution >= 4 is 0 Å². The van der Waals surface area contributed by atoms with E-state index < -0.39 is 22.2 Å². The van der Waals surface area contributed by atoms with Gasteiger partial charge in [0.05, 0.1) is 18.2 Å². The number of hydrogen-bond donors (Lipinski definition) is 0. The summed E-state index contributed by atoms with van der Waals surface area (Å²) in [6.07, 6.45) is 0.724. The lowest BCUT2D eigenvalue weighted by molar-refractivity contribution is -0.651. The second kappa shape index (κ2) is 8.50. The first-order valence-electron chi connectivity index (χ1n) is 8.42. The van der Waals surface area contributed by atoms with Crippen molar-refractivity contribution in [2.75, 3.05) is 6.54 Å². The number of nitrogens with zero attached hydrogens (tertiary/aromatic N) is 8. The Balaban J connectivity index is 5.68. The van der Waals surface area contributed by atoms with E-state index in [0.29, 0.717) is 6.42 Å². The lowest BCUT2D eigenvalue weighted by Gasteiger charge is -2.20. The Bertz CT molecular complexity index is 735. The summed E-state index contributed by atoms with van der Waals surface area (Å²) in [4.78, 5) is 0. The van der Waals surface area contributed by atoms with E-state index >= 15 is 0 Å². The van der Waals surface area contributed by atoms with E-state index in [9.17, 15) is 21.0 Å². The standard InChI is InChI=1S/C18H27N8/c1-8-17(6,13-21)23-24-18(7,14-22)9-10-26(16(4,5)12-20)25-15(2,3)11-19/h8-10H2,1-7H3/q+1. The first-order valence-corrected chi connectivity index (χ1v) is 8.42. The summed E-state index contributed by atoms with van der Waals surface area (Å²) in [5.74, 6) is 0. The van der Waals surface area contributed by atoms with E-state index in [1.165, 1.54) is 4.70 Å². The molecule has 0 bridgehead atoms. The van der Waals surface area contributed by atoms with Crippen LogP contribution >= 0.6 is 0 Å². The van der Waals surface area contributed by atoms with Gasteiger partial charge in [0.15, 0.2) is 17.6 Å². The molecule has 138 valence electrons. The summed E-state index contributed by atoms with van der Waals surface area (Å²) in [6, 6.07) is 8.44. The van der Waals surface area contributed by atoms with Crippen LogP contribution in [0.5, 0.6) is 0 Å². The van der Waals surface area contributed by atoms with Gasteiger partial charge in [0.2, 0.25) is 5.54 Å². The first kappa shape index (κ1) is 23.2. The minimum atomic E-state index is -1.16. The molecule has 0 aliphatic carbocycles. The van der Waals surface area contributed by atoms with E-state index in [1.54, 1.807) is 41.5 Å².